The molecular weight excluding hydrogens is 271 g/mol. The second kappa shape index (κ2) is 7.91. The Morgan fingerprint density at radius 2 is 1.85 bits per heavy atom. The summed E-state index contributed by atoms with van der Waals surface area (Å²) >= 11 is 0. The second-order valence-corrected chi connectivity index (χ2v) is 4.25. The third-order valence-corrected chi connectivity index (χ3v) is 2.46. The summed E-state index contributed by atoms with van der Waals surface area (Å²) in [5.41, 5.74) is 1.19. The zero-order valence-corrected chi connectivity index (χ0v) is 11.4. The van der Waals surface area contributed by atoms with Crippen LogP contribution in [-0.2, 0) is 9.47 Å². The summed E-state index contributed by atoms with van der Waals surface area (Å²) in [5, 5.41) is 3.15. The van der Waals surface area contributed by atoms with E-state index in [0.29, 0.717) is 24.5 Å². The van der Waals surface area contributed by atoms with E-state index in [1.807, 2.05) is 0 Å². The molecule has 0 unspecified atom stereocenters. The number of alkyl halides is 3. The third kappa shape index (κ3) is 6.58. The lowest BCUT2D eigenvalue weighted by Gasteiger charge is -2.18. The fourth-order valence-corrected chi connectivity index (χ4v) is 1.69. The molecule has 0 spiro atoms. The van der Waals surface area contributed by atoms with Gasteiger partial charge in [-0.1, -0.05) is 18.2 Å². The van der Waals surface area contributed by atoms with Gasteiger partial charge in [-0.2, -0.15) is 13.2 Å². The van der Waals surface area contributed by atoms with Gasteiger partial charge >= 0.3 is 6.18 Å². The molecule has 20 heavy (non-hydrogen) atoms. The summed E-state index contributed by atoms with van der Waals surface area (Å²) in [6.45, 7) is 0.882. The number of nitrogens with one attached hydrogen (secondary N) is 1. The first-order valence-corrected chi connectivity index (χ1v) is 6.05. The molecule has 0 aromatic heterocycles. The van der Waals surface area contributed by atoms with Crippen molar-refractivity contribution < 1.29 is 22.6 Å². The quantitative estimate of drug-likeness (QED) is 0.835. The Bertz CT molecular complexity index is 427. The van der Waals surface area contributed by atoms with Gasteiger partial charge in [0, 0.05) is 26.0 Å². The van der Waals surface area contributed by atoms with E-state index in [1.54, 1.807) is 38.5 Å². The summed E-state index contributed by atoms with van der Waals surface area (Å²) in [6.07, 6.45) is -3.06. The summed E-state index contributed by atoms with van der Waals surface area (Å²) < 4.78 is 46.4. The molecule has 1 aromatic carbocycles. The highest BCUT2D eigenvalue weighted by Crippen LogP contribution is 2.19. The Hall–Kier alpha value is -1.53. The van der Waals surface area contributed by atoms with E-state index in [-0.39, 0.29) is 12.1 Å². The Labute approximate surface area is 116 Å². The van der Waals surface area contributed by atoms with Crippen molar-refractivity contribution >= 4 is 11.8 Å². The van der Waals surface area contributed by atoms with Gasteiger partial charge in [0.15, 0.2) is 0 Å². The van der Waals surface area contributed by atoms with Gasteiger partial charge in [-0.15, -0.1) is 0 Å². The highest BCUT2D eigenvalue weighted by molar-refractivity contribution is 5.58. The number of hydrogen-bond acceptors (Lipinski definition) is 3. The molecule has 6 heteroatoms. The van der Waals surface area contributed by atoms with Crippen molar-refractivity contribution in [3.8, 4) is 0 Å². The van der Waals surface area contributed by atoms with Gasteiger partial charge in [-0.3, -0.25) is 0 Å². The molecule has 0 fully saturated rings. The number of rotatable bonds is 7. The smallest absolute Gasteiger partial charge is 0.382 e. The van der Waals surface area contributed by atoms with Crippen molar-refractivity contribution in [3.05, 3.63) is 35.9 Å². The molecule has 0 saturated heterocycles. The Balaban J connectivity index is 2.74. The topological polar surface area (TPSA) is 30.5 Å². The molecule has 0 radical (unpaired) electrons. The van der Waals surface area contributed by atoms with Gasteiger partial charge in [-0.05, 0) is 17.7 Å². The van der Waals surface area contributed by atoms with Crippen LogP contribution < -0.4 is 5.32 Å². The number of anilines is 1. The van der Waals surface area contributed by atoms with Gasteiger partial charge < -0.3 is 14.8 Å². The minimum absolute atomic E-state index is 0.0631. The fourth-order valence-electron chi connectivity index (χ4n) is 1.69. The molecule has 0 heterocycles. The number of halogens is 3. The summed E-state index contributed by atoms with van der Waals surface area (Å²) in [6, 6.07) is 6.65. The maximum Gasteiger partial charge on any atom is 0.409 e. The van der Waals surface area contributed by atoms with Gasteiger partial charge in [0.25, 0.3) is 0 Å². The van der Waals surface area contributed by atoms with Crippen molar-refractivity contribution in [1.29, 1.82) is 0 Å². The normalized spacial score (nSPS) is 12.3. The fraction of sp³-hybridized carbons (Fsp3) is 0.429. The highest BCUT2D eigenvalue weighted by Gasteiger charge is 2.21. The molecule has 0 aliphatic carbocycles. The van der Waals surface area contributed by atoms with Gasteiger partial charge in [0.1, 0.15) is 0 Å². The molecule has 0 bridgehead atoms. The van der Waals surface area contributed by atoms with Crippen LogP contribution in [0.25, 0.3) is 6.08 Å². The largest absolute Gasteiger partial charge is 0.409 e. The molecule has 0 atom stereocenters. The molecule has 3 nitrogen and oxygen atoms in total. The van der Waals surface area contributed by atoms with Gasteiger partial charge in [0.2, 0.25) is 0 Å². The maximum absolute atomic E-state index is 12.1. The average molecular weight is 289 g/mol. The minimum Gasteiger partial charge on any atom is -0.382 e. The molecule has 0 aliphatic rings. The molecular formula is C14H18F3NO2. The van der Waals surface area contributed by atoms with Crippen LogP contribution in [0.2, 0.25) is 0 Å². The molecule has 1 aromatic rings. The van der Waals surface area contributed by atoms with Gasteiger partial charge in [0.05, 0.1) is 19.3 Å². The number of ether oxygens (including phenoxy) is 2. The molecule has 0 amide bonds. The summed E-state index contributed by atoms with van der Waals surface area (Å²) in [5.74, 6) is 0. The predicted molar refractivity (Wildman–Crippen MR) is 72.7 cm³/mol. The van der Waals surface area contributed by atoms with Crippen molar-refractivity contribution in [2.45, 2.75) is 12.2 Å². The SMILES string of the molecule is COCC(COC)Nc1cccc(/C=C/C(F)(F)F)c1. The van der Waals surface area contributed by atoms with Crippen LogP contribution in [0, 0.1) is 0 Å². The average Bonchev–Trinajstić information content (AvgIpc) is 2.37. The molecule has 0 aliphatic heterocycles. The zero-order chi connectivity index (χ0) is 15.0. The second-order valence-electron chi connectivity index (χ2n) is 4.25. The minimum atomic E-state index is -4.31. The number of methoxy groups -OCH3 is 2. The van der Waals surface area contributed by atoms with E-state index in [9.17, 15) is 13.2 Å². The van der Waals surface area contributed by atoms with Crippen LogP contribution in [0.5, 0.6) is 0 Å². The van der Waals surface area contributed by atoms with Crippen molar-refractivity contribution in [3.63, 3.8) is 0 Å². The standard InChI is InChI=1S/C14H18F3NO2/c1-19-9-13(10-20-2)18-12-5-3-4-11(8-12)6-7-14(15,16)17/h3-8,13,18H,9-10H2,1-2H3/b7-6+. The Morgan fingerprint density at radius 3 is 2.40 bits per heavy atom. The number of hydrogen-bond donors (Lipinski definition) is 1. The van der Waals surface area contributed by atoms with Crippen LogP contribution in [0.4, 0.5) is 18.9 Å². The number of benzene rings is 1. The molecule has 1 N–H and O–H groups in total. The Kier molecular flexibility index (Phi) is 6.54. The van der Waals surface area contributed by atoms with Crippen LogP contribution in [-0.4, -0.2) is 39.7 Å². The van der Waals surface area contributed by atoms with E-state index in [4.69, 9.17) is 9.47 Å². The van der Waals surface area contributed by atoms with Crippen LogP contribution >= 0.6 is 0 Å². The molecule has 0 saturated carbocycles. The van der Waals surface area contributed by atoms with Crippen molar-refractivity contribution in [1.82, 2.24) is 0 Å². The highest BCUT2D eigenvalue weighted by atomic mass is 19.4. The Morgan fingerprint density at radius 1 is 1.20 bits per heavy atom. The van der Waals surface area contributed by atoms with E-state index in [1.165, 1.54) is 0 Å². The first kappa shape index (κ1) is 16.5. The lowest BCUT2D eigenvalue weighted by atomic mass is 10.1. The van der Waals surface area contributed by atoms with Crippen LogP contribution in [0.15, 0.2) is 30.3 Å². The third-order valence-electron chi connectivity index (χ3n) is 2.46. The lowest BCUT2D eigenvalue weighted by Crippen LogP contribution is -2.29. The van der Waals surface area contributed by atoms with E-state index in [2.05, 4.69) is 5.32 Å². The van der Waals surface area contributed by atoms with E-state index < -0.39 is 6.18 Å². The first-order chi connectivity index (χ1) is 9.44. The summed E-state index contributed by atoms with van der Waals surface area (Å²) in [7, 11) is 3.15. The van der Waals surface area contributed by atoms with Gasteiger partial charge in [-0.25, -0.2) is 0 Å². The van der Waals surface area contributed by atoms with Crippen LogP contribution in [0.3, 0.4) is 0 Å². The predicted octanol–water partition coefficient (Wildman–Crippen LogP) is 3.34. The van der Waals surface area contributed by atoms with Crippen molar-refractivity contribution in [2.24, 2.45) is 0 Å². The van der Waals surface area contributed by atoms with Crippen LogP contribution in [0.1, 0.15) is 5.56 Å². The van der Waals surface area contributed by atoms with E-state index in [0.717, 1.165) is 6.08 Å². The lowest BCUT2D eigenvalue weighted by molar-refractivity contribution is -0.0790. The maximum atomic E-state index is 12.1. The van der Waals surface area contributed by atoms with Crippen molar-refractivity contribution in [2.75, 3.05) is 32.8 Å². The number of allylic oxidation sites excluding steroid dienone is 1. The zero-order valence-electron chi connectivity index (χ0n) is 11.4. The molecule has 112 valence electrons. The monoisotopic (exact) mass is 289 g/mol. The summed E-state index contributed by atoms with van der Waals surface area (Å²) in [4.78, 5) is 0. The first-order valence-electron chi connectivity index (χ1n) is 6.05. The van der Waals surface area contributed by atoms with E-state index >= 15 is 0 Å². The molecule has 1 rings (SSSR count).